The summed E-state index contributed by atoms with van der Waals surface area (Å²) in [5, 5.41) is 0. The zero-order chi connectivity index (χ0) is 14.6. The van der Waals surface area contributed by atoms with Crippen LogP contribution in [0, 0.1) is 6.92 Å². The number of piperidine rings is 1. The largest absolute Gasteiger partial charge is 0.492 e. The molecule has 112 valence electrons. The van der Waals surface area contributed by atoms with Gasteiger partial charge in [-0.2, -0.15) is 13.2 Å². The van der Waals surface area contributed by atoms with Crippen molar-refractivity contribution >= 4 is 0 Å². The molecule has 2 rings (SSSR count). The smallest absolute Gasteiger partial charge is 0.419 e. The Morgan fingerprint density at radius 1 is 1.15 bits per heavy atom. The molecule has 0 spiro atoms. The van der Waals surface area contributed by atoms with Crippen LogP contribution in [-0.2, 0) is 6.18 Å². The summed E-state index contributed by atoms with van der Waals surface area (Å²) in [6.07, 6.45) is -0.794. The molecule has 0 saturated carbocycles. The summed E-state index contributed by atoms with van der Waals surface area (Å²) in [6, 6.07) is 4.00. The number of nitrogens with zero attached hydrogens (tertiary/aromatic N) is 1. The lowest BCUT2D eigenvalue weighted by Gasteiger charge is -2.26. The van der Waals surface area contributed by atoms with Gasteiger partial charge in [0.25, 0.3) is 0 Å². The molecular formula is C15H20F3NO. The second-order valence-electron chi connectivity index (χ2n) is 5.25. The summed E-state index contributed by atoms with van der Waals surface area (Å²) in [5.41, 5.74) is 0.0766. The van der Waals surface area contributed by atoms with Gasteiger partial charge in [0.05, 0.1) is 5.56 Å². The third-order valence-electron chi connectivity index (χ3n) is 3.56. The van der Waals surface area contributed by atoms with Gasteiger partial charge in [-0.25, -0.2) is 0 Å². The molecule has 0 N–H and O–H groups in total. The molecule has 1 aromatic rings. The highest BCUT2D eigenvalue weighted by Gasteiger charge is 2.34. The standard InChI is InChI=1S/C15H20F3NO/c1-12-5-6-13(15(16,17)18)14(11-12)20-10-9-19-7-3-2-4-8-19/h5-6,11H,2-4,7-10H2,1H3. The maximum absolute atomic E-state index is 12.9. The second-order valence-corrected chi connectivity index (χ2v) is 5.25. The van der Waals surface area contributed by atoms with E-state index in [1.165, 1.54) is 18.6 Å². The first-order chi connectivity index (χ1) is 9.47. The third-order valence-corrected chi connectivity index (χ3v) is 3.56. The molecule has 1 aliphatic heterocycles. The molecule has 1 aromatic carbocycles. The fourth-order valence-corrected chi connectivity index (χ4v) is 2.45. The first kappa shape index (κ1) is 15.2. The Morgan fingerprint density at radius 3 is 2.50 bits per heavy atom. The molecule has 1 fully saturated rings. The van der Waals surface area contributed by atoms with Crippen molar-refractivity contribution in [2.45, 2.75) is 32.4 Å². The first-order valence-electron chi connectivity index (χ1n) is 7.00. The minimum absolute atomic E-state index is 0.0606. The Morgan fingerprint density at radius 2 is 1.85 bits per heavy atom. The van der Waals surface area contributed by atoms with E-state index in [0.717, 1.165) is 37.6 Å². The van der Waals surface area contributed by atoms with E-state index in [2.05, 4.69) is 4.90 Å². The molecular weight excluding hydrogens is 267 g/mol. The van der Waals surface area contributed by atoms with E-state index in [0.29, 0.717) is 13.2 Å². The predicted octanol–water partition coefficient (Wildman–Crippen LogP) is 3.88. The van der Waals surface area contributed by atoms with Gasteiger partial charge in [0.1, 0.15) is 12.4 Å². The number of alkyl halides is 3. The van der Waals surface area contributed by atoms with E-state index in [4.69, 9.17) is 4.74 Å². The van der Waals surface area contributed by atoms with Crippen LogP contribution in [-0.4, -0.2) is 31.1 Å². The van der Waals surface area contributed by atoms with Gasteiger partial charge in [-0.15, -0.1) is 0 Å². The Balaban J connectivity index is 1.95. The van der Waals surface area contributed by atoms with Gasteiger partial charge in [0.2, 0.25) is 0 Å². The lowest BCUT2D eigenvalue weighted by Crippen LogP contribution is -2.33. The van der Waals surface area contributed by atoms with E-state index in [1.54, 1.807) is 6.92 Å². The molecule has 0 aromatic heterocycles. The maximum Gasteiger partial charge on any atom is 0.419 e. The molecule has 0 amide bonds. The van der Waals surface area contributed by atoms with E-state index in [1.807, 2.05) is 0 Å². The Bertz CT molecular complexity index is 439. The summed E-state index contributed by atoms with van der Waals surface area (Å²) in [7, 11) is 0. The number of benzene rings is 1. The summed E-state index contributed by atoms with van der Waals surface area (Å²) < 4.78 is 44.0. The van der Waals surface area contributed by atoms with Crippen LogP contribution in [0.15, 0.2) is 18.2 Å². The number of hydrogen-bond donors (Lipinski definition) is 0. The molecule has 20 heavy (non-hydrogen) atoms. The predicted molar refractivity (Wildman–Crippen MR) is 72.0 cm³/mol. The van der Waals surface area contributed by atoms with Crippen molar-refractivity contribution in [2.24, 2.45) is 0 Å². The Labute approximate surface area is 117 Å². The normalized spacial score (nSPS) is 17.2. The Hall–Kier alpha value is -1.23. The van der Waals surface area contributed by atoms with E-state index < -0.39 is 11.7 Å². The van der Waals surface area contributed by atoms with Gasteiger partial charge in [-0.1, -0.05) is 12.5 Å². The third kappa shape index (κ3) is 4.13. The van der Waals surface area contributed by atoms with Gasteiger partial charge in [-0.3, -0.25) is 4.90 Å². The maximum atomic E-state index is 12.9. The number of hydrogen-bond acceptors (Lipinski definition) is 2. The van der Waals surface area contributed by atoms with Crippen molar-refractivity contribution in [1.29, 1.82) is 0 Å². The van der Waals surface area contributed by atoms with Crippen LogP contribution in [0.25, 0.3) is 0 Å². The fourth-order valence-electron chi connectivity index (χ4n) is 2.45. The van der Waals surface area contributed by atoms with Crippen LogP contribution in [0.2, 0.25) is 0 Å². The minimum Gasteiger partial charge on any atom is -0.492 e. The number of halogens is 3. The lowest BCUT2D eigenvalue weighted by molar-refractivity contribution is -0.139. The van der Waals surface area contributed by atoms with E-state index in [9.17, 15) is 13.2 Å². The highest BCUT2D eigenvalue weighted by Crippen LogP contribution is 2.36. The average Bonchev–Trinajstić information content (AvgIpc) is 2.38. The Kier molecular flexibility index (Phi) is 4.91. The molecule has 1 aliphatic rings. The zero-order valence-corrected chi connectivity index (χ0v) is 11.7. The minimum atomic E-state index is -4.37. The van der Waals surface area contributed by atoms with Gasteiger partial charge >= 0.3 is 6.18 Å². The topological polar surface area (TPSA) is 12.5 Å². The lowest BCUT2D eigenvalue weighted by atomic mass is 10.1. The van der Waals surface area contributed by atoms with E-state index in [-0.39, 0.29) is 5.75 Å². The van der Waals surface area contributed by atoms with Crippen LogP contribution in [0.5, 0.6) is 5.75 Å². The van der Waals surface area contributed by atoms with Crippen molar-refractivity contribution in [3.8, 4) is 5.75 Å². The van der Waals surface area contributed by atoms with Gasteiger partial charge in [0, 0.05) is 6.54 Å². The zero-order valence-electron chi connectivity index (χ0n) is 11.7. The summed E-state index contributed by atoms with van der Waals surface area (Å²) in [5.74, 6) is -0.0606. The number of ether oxygens (including phenoxy) is 1. The molecule has 2 nitrogen and oxygen atoms in total. The van der Waals surface area contributed by atoms with Crippen LogP contribution in [0.1, 0.15) is 30.4 Å². The van der Waals surface area contributed by atoms with Crippen molar-refractivity contribution < 1.29 is 17.9 Å². The second kappa shape index (κ2) is 6.48. The number of aryl methyl sites for hydroxylation is 1. The van der Waals surface area contributed by atoms with Crippen LogP contribution >= 0.6 is 0 Å². The quantitative estimate of drug-likeness (QED) is 0.833. The molecule has 1 saturated heterocycles. The SMILES string of the molecule is Cc1ccc(C(F)(F)F)c(OCCN2CCCCC2)c1. The first-order valence-corrected chi connectivity index (χ1v) is 7.00. The van der Waals surface area contributed by atoms with Crippen molar-refractivity contribution in [3.63, 3.8) is 0 Å². The summed E-state index contributed by atoms with van der Waals surface area (Å²) in [6.45, 7) is 4.78. The fraction of sp³-hybridized carbons (Fsp3) is 0.600. The number of rotatable bonds is 4. The van der Waals surface area contributed by atoms with E-state index >= 15 is 0 Å². The van der Waals surface area contributed by atoms with Crippen LogP contribution < -0.4 is 4.74 Å². The molecule has 1 heterocycles. The highest BCUT2D eigenvalue weighted by atomic mass is 19.4. The molecule has 5 heteroatoms. The number of likely N-dealkylation sites (tertiary alicyclic amines) is 1. The van der Waals surface area contributed by atoms with Gasteiger partial charge in [-0.05, 0) is 50.6 Å². The summed E-state index contributed by atoms with van der Waals surface area (Å²) in [4.78, 5) is 2.24. The van der Waals surface area contributed by atoms with Crippen molar-refractivity contribution in [3.05, 3.63) is 29.3 Å². The molecule has 0 unspecified atom stereocenters. The van der Waals surface area contributed by atoms with Crippen molar-refractivity contribution in [2.75, 3.05) is 26.2 Å². The van der Waals surface area contributed by atoms with Crippen LogP contribution in [0.4, 0.5) is 13.2 Å². The van der Waals surface area contributed by atoms with Gasteiger partial charge in [0.15, 0.2) is 0 Å². The molecule has 0 bridgehead atoms. The van der Waals surface area contributed by atoms with Crippen LogP contribution in [0.3, 0.4) is 0 Å². The summed E-state index contributed by atoms with van der Waals surface area (Å²) >= 11 is 0. The monoisotopic (exact) mass is 287 g/mol. The molecule has 0 radical (unpaired) electrons. The van der Waals surface area contributed by atoms with Crippen molar-refractivity contribution in [1.82, 2.24) is 4.90 Å². The highest BCUT2D eigenvalue weighted by molar-refractivity contribution is 5.39. The molecule has 0 aliphatic carbocycles. The van der Waals surface area contributed by atoms with Gasteiger partial charge < -0.3 is 4.74 Å². The molecule has 0 atom stereocenters. The average molecular weight is 287 g/mol.